The van der Waals surface area contributed by atoms with E-state index < -0.39 is 0 Å². The van der Waals surface area contributed by atoms with Crippen LogP contribution in [-0.2, 0) is 12.2 Å². The van der Waals surface area contributed by atoms with Gasteiger partial charge in [0.25, 0.3) is 0 Å². The monoisotopic (exact) mass is 474 g/mol. The van der Waals surface area contributed by atoms with Crippen molar-refractivity contribution in [2.75, 3.05) is 13.1 Å². The highest BCUT2D eigenvalue weighted by Crippen LogP contribution is 2.30. The zero-order chi connectivity index (χ0) is 23.3. The Balaban J connectivity index is 1.36. The minimum absolute atomic E-state index is 0.198. The second-order valence-electron chi connectivity index (χ2n) is 8.64. The Kier molecular flexibility index (Phi) is 7.06. The summed E-state index contributed by atoms with van der Waals surface area (Å²) in [4.78, 5) is 7.11. The highest BCUT2D eigenvalue weighted by molar-refractivity contribution is 7.98. The van der Waals surface area contributed by atoms with E-state index in [1.807, 2.05) is 30.3 Å². The molecule has 176 valence electrons. The fourth-order valence-electron chi connectivity index (χ4n) is 4.38. The Morgan fingerprint density at radius 2 is 1.74 bits per heavy atom. The van der Waals surface area contributed by atoms with Gasteiger partial charge < -0.3 is 4.52 Å². The molecule has 0 amide bonds. The van der Waals surface area contributed by atoms with Crippen molar-refractivity contribution in [3.63, 3.8) is 0 Å². The van der Waals surface area contributed by atoms with Gasteiger partial charge in [-0.2, -0.15) is 4.98 Å². The number of hydrogen-bond donors (Lipinski definition) is 0. The average molecular weight is 475 g/mol. The molecule has 1 aliphatic heterocycles. The SMILES string of the molecule is CCc1ccc(-c2noc(CSc3nnc(C(C)N4CCCCC4)n3-c3ccccc3)n2)cc1. The Bertz CT molecular complexity index is 1200. The molecule has 0 spiro atoms. The van der Waals surface area contributed by atoms with Crippen molar-refractivity contribution in [1.29, 1.82) is 0 Å². The summed E-state index contributed by atoms with van der Waals surface area (Å²) in [5, 5.41) is 14.2. The predicted molar refractivity (Wildman–Crippen MR) is 134 cm³/mol. The van der Waals surface area contributed by atoms with Crippen LogP contribution in [0.25, 0.3) is 17.1 Å². The molecule has 8 heteroatoms. The molecule has 1 fully saturated rings. The second kappa shape index (κ2) is 10.5. The number of likely N-dealkylation sites (tertiary alicyclic amines) is 1. The van der Waals surface area contributed by atoms with Crippen LogP contribution in [-0.4, -0.2) is 42.9 Å². The van der Waals surface area contributed by atoms with E-state index in [4.69, 9.17) is 4.52 Å². The first kappa shape index (κ1) is 22.8. The van der Waals surface area contributed by atoms with Gasteiger partial charge in [-0.1, -0.05) is 72.7 Å². The van der Waals surface area contributed by atoms with Crippen molar-refractivity contribution >= 4 is 11.8 Å². The topological polar surface area (TPSA) is 72.9 Å². The molecule has 2 aromatic carbocycles. The van der Waals surface area contributed by atoms with Crippen LogP contribution in [0.1, 0.15) is 56.4 Å². The molecular weight excluding hydrogens is 444 g/mol. The number of para-hydroxylation sites is 1. The second-order valence-corrected chi connectivity index (χ2v) is 9.58. The summed E-state index contributed by atoms with van der Waals surface area (Å²) in [6, 6.07) is 18.8. The highest BCUT2D eigenvalue weighted by atomic mass is 32.2. The number of aromatic nitrogens is 5. The molecule has 2 aromatic heterocycles. The van der Waals surface area contributed by atoms with Gasteiger partial charge in [-0.3, -0.25) is 9.47 Å². The zero-order valence-corrected chi connectivity index (χ0v) is 20.5. The quantitative estimate of drug-likeness (QED) is 0.302. The molecule has 34 heavy (non-hydrogen) atoms. The van der Waals surface area contributed by atoms with E-state index in [-0.39, 0.29) is 6.04 Å². The summed E-state index contributed by atoms with van der Waals surface area (Å²) in [6.45, 7) is 6.59. The van der Waals surface area contributed by atoms with E-state index >= 15 is 0 Å². The smallest absolute Gasteiger partial charge is 0.237 e. The van der Waals surface area contributed by atoms with E-state index in [0.717, 1.165) is 41.7 Å². The Morgan fingerprint density at radius 1 is 0.971 bits per heavy atom. The van der Waals surface area contributed by atoms with Crippen LogP contribution in [0, 0.1) is 0 Å². The number of rotatable bonds is 8. The maximum atomic E-state index is 5.54. The molecule has 0 aliphatic carbocycles. The van der Waals surface area contributed by atoms with Crippen molar-refractivity contribution < 1.29 is 4.52 Å². The van der Waals surface area contributed by atoms with Gasteiger partial charge in [0, 0.05) is 11.3 Å². The summed E-state index contributed by atoms with van der Waals surface area (Å²) in [7, 11) is 0. The zero-order valence-electron chi connectivity index (χ0n) is 19.7. The number of thioether (sulfide) groups is 1. The highest BCUT2D eigenvalue weighted by Gasteiger charge is 2.25. The Labute approximate surface area is 204 Å². The van der Waals surface area contributed by atoms with Crippen LogP contribution in [0.2, 0.25) is 0 Å². The van der Waals surface area contributed by atoms with Gasteiger partial charge in [-0.05, 0) is 57.0 Å². The lowest BCUT2D eigenvalue weighted by Gasteiger charge is -2.31. The van der Waals surface area contributed by atoms with Crippen molar-refractivity contribution in [2.24, 2.45) is 0 Å². The number of aryl methyl sites for hydroxylation is 1. The first-order chi connectivity index (χ1) is 16.7. The lowest BCUT2D eigenvalue weighted by Crippen LogP contribution is -2.33. The molecular formula is C26H30N6OS. The maximum Gasteiger partial charge on any atom is 0.237 e. The summed E-state index contributed by atoms with van der Waals surface area (Å²) < 4.78 is 7.72. The van der Waals surface area contributed by atoms with Crippen LogP contribution in [0.4, 0.5) is 0 Å². The average Bonchev–Trinajstić information content (AvgIpc) is 3.55. The van der Waals surface area contributed by atoms with Crippen LogP contribution in [0.5, 0.6) is 0 Å². The fraction of sp³-hybridized carbons (Fsp3) is 0.385. The van der Waals surface area contributed by atoms with E-state index in [1.165, 1.54) is 24.8 Å². The molecule has 0 saturated carbocycles. The molecule has 5 rings (SSSR count). The van der Waals surface area contributed by atoms with Crippen LogP contribution >= 0.6 is 11.8 Å². The third-order valence-corrected chi connectivity index (χ3v) is 7.31. The van der Waals surface area contributed by atoms with Gasteiger partial charge in [0.15, 0.2) is 11.0 Å². The summed E-state index contributed by atoms with van der Waals surface area (Å²) in [5.41, 5.74) is 3.32. The maximum absolute atomic E-state index is 5.54. The molecule has 7 nitrogen and oxygen atoms in total. The lowest BCUT2D eigenvalue weighted by atomic mass is 10.1. The number of nitrogens with zero attached hydrogens (tertiary/aromatic N) is 6. The first-order valence-electron chi connectivity index (χ1n) is 12.0. The molecule has 1 atom stereocenters. The normalized spacial score (nSPS) is 15.5. The predicted octanol–water partition coefficient (Wildman–Crippen LogP) is 5.72. The Hall–Kier alpha value is -2.97. The number of piperidine rings is 1. The molecule has 3 heterocycles. The van der Waals surface area contributed by atoms with E-state index in [2.05, 4.69) is 67.9 Å². The molecule has 0 bridgehead atoms. The van der Waals surface area contributed by atoms with Crippen LogP contribution < -0.4 is 0 Å². The van der Waals surface area contributed by atoms with Gasteiger partial charge in [-0.25, -0.2) is 0 Å². The van der Waals surface area contributed by atoms with Gasteiger partial charge in [0.2, 0.25) is 11.7 Å². The van der Waals surface area contributed by atoms with E-state index in [1.54, 1.807) is 11.8 Å². The summed E-state index contributed by atoms with van der Waals surface area (Å²) >= 11 is 1.57. The minimum atomic E-state index is 0.198. The van der Waals surface area contributed by atoms with E-state index in [9.17, 15) is 0 Å². The van der Waals surface area contributed by atoms with Gasteiger partial charge in [0.05, 0.1) is 11.8 Å². The van der Waals surface area contributed by atoms with Crippen LogP contribution in [0.3, 0.4) is 0 Å². The fourth-order valence-corrected chi connectivity index (χ4v) is 5.18. The molecule has 0 radical (unpaired) electrons. The number of hydrogen-bond acceptors (Lipinski definition) is 7. The van der Waals surface area contributed by atoms with Gasteiger partial charge >= 0.3 is 0 Å². The summed E-state index contributed by atoms with van der Waals surface area (Å²) in [5.74, 6) is 2.69. The van der Waals surface area contributed by atoms with E-state index in [0.29, 0.717) is 17.5 Å². The molecule has 1 saturated heterocycles. The molecule has 4 aromatic rings. The van der Waals surface area contributed by atoms with Crippen molar-refractivity contribution in [2.45, 2.75) is 56.5 Å². The van der Waals surface area contributed by atoms with Gasteiger partial charge in [-0.15, -0.1) is 10.2 Å². The van der Waals surface area contributed by atoms with Crippen LogP contribution in [0.15, 0.2) is 64.3 Å². The van der Waals surface area contributed by atoms with Crippen molar-refractivity contribution in [3.8, 4) is 17.1 Å². The summed E-state index contributed by atoms with van der Waals surface area (Å²) in [6.07, 6.45) is 4.80. The molecule has 1 unspecified atom stereocenters. The minimum Gasteiger partial charge on any atom is -0.338 e. The molecule has 1 aliphatic rings. The lowest BCUT2D eigenvalue weighted by molar-refractivity contribution is 0.167. The third-order valence-electron chi connectivity index (χ3n) is 6.40. The molecule has 0 N–H and O–H groups in total. The first-order valence-corrected chi connectivity index (χ1v) is 13.0. The van der Waals surface area contributed by atoms with Crippen molar-refractivity contribution in [1.82, 2.24) is 29.8 Å². The van der Waals surface area contributed by atoms with Gasteiger partial charge in [0.1, 0.15) is 0 Å². The Morgan fingerprint density at radius 3 is 2.47 bits per heavy atom. The number of benzene rings is 2. The standard InChI is InChI=1S/C26H30N6OS/c1-3-20-12-14-21(15-13-20)24-27-23(33-30-24)18-34-26-29-28-25(19(2)31-16-8-5-9-17-31)32(26)22-10-6-4-7-11-22/h4,6-7,10-15,19H,3,5,8-9,16-18H2,1-2H3. The third kappa shape index (κ3) is 4.93. The largest absolute Gasteiger partial charge is 0.338 e. The van der Waals surface area contributed by atoms with Crippen molar-refractivity contribution in [3.05, 3.63) is 71.9 Å².